The molecule has 0 spiro atoms. The maximum atomic E-state index is 13.6. The van der Waals surface area contributed by atoms with Crippen LogP contribution in [0.3, 0.4) is 0 Å². The number of likely N-dealkylation sites (tertiary alicyclic amines) is 2. The standard InChI is InChI=1S/C29H34N2O2/c1-2-13-30-14-12-29-23-16-22(32)9-8-20(23)15-25(30)28(29)11-10-24-26(29)21(17-28)18-31(24)27(33)19-6-4-3-5-7-19/h3-9,16,21,24-26,32H,2,10-15,17-18H2,1H3/t21-,24-,25-,26-,28-,29+/m1/s1. The van der Waals surface area contributed by atoms with Gasteiger partial charge in [-0.1, -0.05) is 31.2 Å². The number of fused-ring (bicyclic) bond motifs is 1. The highest BCUT2D eigenvalue weighted by Crippen LogP contribution is 2.75. The molecule has 4 bridgehead atoms. The Balaban J connectivity index is 1.36. The molecule has 6 atom stereocenters. The summed E-state index contributed by atoms with van der Waals surface area (Å²) in [6.07, 6.45) is 7.08. The first-order valence-electron chi connectivity index (χ1n) is 13.0. The van der Waals surface area contributed by atoms with Gasteiger partial charge in [-0.3, -0.25) is 9.69 Å². The normalized spacial score (nSPS) is 38.2. The second-order valence-corrected chi connectivity index (χ2v) is 11.4. The van der Waals surface area contributed by atoms with E-state index < -0.39 is 0 Å². The van der Waals surface area contributed by atoms with Gasteiger partial charge in [0.05, 0.1) is 0 Å². The molecule has 4 nitrogen and oxygen atoms in total. The van der Waals surface area contributed by atoms with Gasteiger partial charge in [0.2, 0.25) is 0 Å². The van der Waals surface area contributed by atoms with Crippen molar-refractivity contribution in [1.82, 2.24) is 9.80 Å². The largest absolute Gasteiger partial charge is 0.508 e. The van der Waals surface area contributed by atoms with Crippen LogP contribution in [0, 0.1) is 17.3 Å². The monoisotopic (exact) mass is 442 g/mol. The predicted molar refractivity (Wildman–Crippen MR) is 128 cm³/mol. The molecule has 33 heavy (non-hydrogen) atoms. The molecule has 2 aromatic carbocycles. The minimum Gasteiger partial charge on any atom is -0.508 e. The molecule has 7 rings (SSSR count). The lowest BCUT2D eigenvalue weighted by molar-refractivity contribution is -0.101. The minimum absolute atomic E-state index is 0.105. The Hall–Kier alpha value is -2.33. The van der Waals surface area contributed by atoms with Gasteiger partial charge in [-0.25, -0.2) is 0 Å². The summed E-state index contributed by atoms with van der Waals surface area (Å²) >= 11 is 0. The van der Waals surface area contributed by atoms with Gasteiger partial charge in [0.25, 0.3) is 5.91 Å². The number of carbonyl (C=O) groups excluding carboxylic acids is 1. The number of carbonyl (C=O) groups is 1. The fourth-order valence-electron chi connectivity index (χ4n) is 9.63. The van der Waals surface area contributed by atoms with Gasteiger partial charge >= 0.3 is 0 Å². The highest BCUT2D eigenvalue weighted by molar-refractivity contribution is 5.94. The Kier molecular flexibility index (Phi) is 4.17. The van der Waals surface area contributed by atoms with E-state index in [4.69, 9.17) is 0 Å². The van der Waals surface area contributed by atoms with E-state index in [1.54, 1.807) is 0 Å². The summed E-state index contributed by atoms with van der Waals surface area (Å²) in [4.78, 5) is 18.7. The molecule has 2 heterocycles. The van der Waals surface area contributed by atoms with Gasteiger partial charge in [0.1, 0.15) is 5.75 Å². The molecule has 3 aliphatic carbocycles. The molecule has 1 amide bonds. The van der Waals surface area contributed by atoms with E-state index >= 15 is 0 Å². The van der Waals surface area contributed by atoms with Crippen molar-refractivity contribution < 1.29 is 9.90 Å². The van der Waals surface area contributed by atoms with Gasteiger partial charge in [-0.2, -0.15) is 0 Å². The van der Waals surface area contributed by atoms with Gasteiger partial charge in [-0.15, -0.1) is 0 Å². The number of phenols is 1. The quantitative estimate of drug-likeness (QED) is 0.755. The average Bonchev–Trinajstić information content (AvgIpc) is 3.28. The third-order valence-electron chi connectivity index (χ3n) is 10.4. The van der Waals surface area contributed by atoms with Gasteiger partial charge in [0, 0.05) is 29.6 Å². The molecular formula is C29H34N2O2. The van der Waals surface area contributed by atoms with Crippen molar-refractivity contribution >= 4 is 5.91 Å². The molecule has 4 fully saturated rings. The number of benzene rings is 2. The summed E-state index contributed by atoms with van der Waals surface area (Å²) in [5.41, 5.74) is 4.11. The number of piperidine rings is 1. The van der Waals surface area contributed by atoms with Crippen molar-refractivity contribution in [3.63, 3.8) is 0 Å². The molecule has 0 aromatic heterocycles. The van der Waals surface area contributed by atoms with Crippen LogP contribution in [0.2, 0.25) is 0 Å². The van der Waals surface area contributed by atoms with Crippen LogP contribution < -0.4 is 0 Å². The SMILES string of the molecule is CCCN1CC[C@@]23c4cc(O)ccc4C[C@@H]1[C@]21CC[C@@H]2[C@H]3[C@@H](CN2C(=O)c2ccccc2)C1. The molecule has 2 aromatic rings. The second kappa shape index (κ2) is 6.85. The third kappa shape index (κ3) is 2.38. The number of nitrogens with zero attached hydrogens (tertiary/aromatic N) is 2. The number of aromatic hydroxyl groups is 1. The van der Waals surface area contributed by atoms with Crippen LogP contribution in [-0.2, 0) is 11.8 Å². The van der Waals surface area contributed by atoms with E-state index in [0.717, 1.165) is 31.5 Å². The highest BCUT2D eigenvalue weighted by Gasteiger charge is 2.76. The van der Waals surface area contributed by atoms with Gasteiger partial charge in [-0.05, 0) is 104 Å². The van der Waals surface area contributed by atoms with Crippen LogP contribution in [0.15, 0.2) is 48.5 Å². The van der Waals surface area contributed by atoms with Crippen molar-refractivity contribution in [2.45, 2.75) is 62.9 Å². The van der Waals surface area contributed by atoms with Gasteiger partial charge in [0.15, 0.2) is 0 Å². The second-order valence-electron chi connectivity index (χ2n) is 11.4. The van der Waals surface area contributed by atoms with Crippen LogP contribution in [-0.4, -0.2) is 52.5 Å². The maximum absolute atomic E-state index is 13.6. The maximum Gasteiger partial charge on any atom is 0.254 e. The number of rotatable bonds is 3. The van der Waals surface area contributed by atoms with E-state index in [9.17, 15) is 9.90 Å². The lowest BCUT2D eigenvalue weighted by atomic mass is 9.43. The summed E-state index contributed by atoms with van der Waals surface area (Å²) in [5, 5.41) is 10.6. The number of hydrogen-bond donors (Lipinski definition) is 1. The van der Waals surface area contributed by atoms with Crippen LogP contribution >= 0.6 is 0 Å². The zero-order valence-corrected chi connectivity index (χ0v) is 19.5. The number of amides is 1. The third-order valence-corrected chi connectivity index (χ3v) is 10.4. The summed E-state index contributed by atoms with van der Waals surface area (Å²) < 4.78 is 0. The Morgan fingerprint density at radius 1 is 1.15 bits per heavy atom. The van der Waals surface area contributed by atoms with E-state index in [1.807, 2.05) is 36.4 Å². The molecule has 172 valence electrons. The van der Waals surface area contributed by atoms with Gasteiger partial charge < -0.3 is 10.0 Å². The Morgan fingerprint density at radius 3 is 2.82 bits per heavy atom. The first-order valence-corrected chi connectivity index (χ1v) is 13.0. The van der Waals surface area contributed by atoms with Crippen LogP contribution in [0.4, 0.5) is 0 Å². The van der Waals surface area contributed by atoms with Crippen molar-refractivity contribution in [2.75, 3.05) is 19.6 Å². The number of phenolic OH excluding ortho intramolecular Hbond substituents is 1. The molecule has 4 heteroatoms. The molecular weight excluding hydrogens is 408 g/mol. The number of hydrogen-bond acceptors (Lipinski definition) is 3. The summed E-state index contributed by atoms with van der Waals surface area (Å²) in [7, 11) is 0. The summed E-state index contributed by atoms with van der Waals surface area (Å²) in [6.45, 7) is 5.55. The lowest BCUT2D eigenvalue weighted by Gasteiger charge is -2.66. The molecule has 5 aliphatic rings. The molecule has 2 aliphatic heterocycles. The van der Waals surface area contributed by atoms with Crippen LogP contribution in [0.25, 0.3) is 0 Å². The minimum atomic E-state index is 0.105. The smallest absolute Gasteiger partial charge is 0.254 e. The fraction of sp³-hybridized carbons (Fsp3) is 0.552. The van der Waals surface area contributed by atoms with Crippen LogP contribution in [0.1, 0.15) is 60.5 Å². The zero-order chi connectivity index (χ0) is 22.4. The van der Waals surface area contributed by atoms with E-state index in [2.05, 4.69) is 28.9 Å². The topological polar surface area (TPSA) is 43.8 Å². The molecule has 0 unspecified atom stereocenters. The summed E-state index contributed by atoms with van der Waals surface area (Å²) in [6, 6.07) is 17.0. The zero-order valence-electron chi connectivity index (χ0n) is 19.5. The van der Waals surface area contributed by atoms with E-state index in [0.29, 0.717) is 35.1 Å². The van der Waals surface area contributed by atoms with Crippen LogP contribution in [0.5, 0.6) is 5.75 Å². The van der Waals surface area contributed by atoms with Crippen molar-refractivity contribution in [3.8, 4) is 5.75 Å². The lowest BCUT2D eigenvalue weighted by Crippen LogP contribution is -2.69. The van der Waals surface area contributed by atoms with Crippen molar-refractivity contribution in [2.24, 2.45) is 17.3 Å². The fourth-order valence-corrected chi connectivity index (χ4v) is 9.63. The molecule has 2 saturated carbocycles. The Bertz CT molecular complexity index is 1120. The summed E-state index contributed by atoms with van der Waals surface area (Å²) in [5.74, 6) is 1.71. The van der Waals surface area contributed by atoms with E-state index in [1.165, 1.54) is 43.4 Å². The molecule has 2 saturated heterocycles. The Labute approximate surface area is 196 Å². The first kappa shape index (κ1) is 20.1. The first-order chi connectivity index (χ1) is 16.1. The van der Waals surface area contributed by atoms with Crippen molar-refractivity contribution in [1.29, 1.82) is 0 Å². The average molecular weight is 443 g/mol. The highest BCUT2D eigenvalue weighted by atomic mass is 16.3. The van der Waals surface area contributed by atoms with Crippen molar-refractivity contribution in [3.05, 3.63) is 65.2 Å². The molecule has 0 radical (unpaired) electrons. The van der Waals surface area contributed by atoms with E-state index in [-0.39, 0.29) is 11.3 Å². The predicted octanol–water partition coefficient (Wildman–Crippen LogP) is 4.61. The Morgan fingerprint density at radius 2 is 2.00 bits per heavy atom. The molecule has 1 N–H and O–H groups in total.